The lowest BCUT2D eigenvalue weighted by Crippen LogP contribution is -2.48. The molecule has 0 unspecified atom stereocenters. The molecule has 3 rings (SSSR count). The fourth-order valence-corrected chi connectivity index (χ4v) is 4.73. The Labute approximate surface area is 164 Å². The molecule has 0 aliphatic heterocycles. The fraction of sp³-hybridized carbons (Fsp3) is 0.571. The minimum Gasteiger partial charge on any atom is -0.489 e. The summed E-state index contributed by atoms with van der Waals surface area (Å²) >= 11 is 6.31. The van der Waals surface area contributed by atoms with Gasteiger partial charge in [-0.05, 0) is 55.6 Å². The van der Waals surface area contributed by atoms with Crippen LogP contribution < -0.4 is 16.0 Å². The minimum atomic E-state index is -0.498. The van der Waals surface area contributed by atoms with Crippen LogP contribution in [-0.4, -0.2) is 17.1 Å². The molecule has 1 aromatic carbocycles. The SMILES string of the molecule is CC[C@H](N)C1(C(C)C)CCC(Oc2cc3c(F)c[nH]c(=O)c3cc2Cl)CC1. The molecule has 0 spiro atoms. The van der Waals surface area contributed by atoms with Gasteiger partial charge in [-0.3, -0.25) is 4.79 Å². The molecule has 1 aromatic heterocycles. The van der Waals surface area contributed by atoms with Crippen molar-refractivity contribution >= 4 is 22.4 Å². The smallest absolute Gasteiger partial charge is 0.256 e. The van der Waals surface area contributed by atoms with E-state index < -0.39 is 5.82 Å². The van der Waals surface area contributed by atoms with Gasteiger partial charge in [-0.25, -0.2) is 4.39 Å². The Hall–Kier alpha value is -1.59. The van der Waals surface area contributed by atoms with E-state index in [1.807, 2.05) is 0 Å². The Kier molecular flexibility index (Phi) is 5.82. The average molecular weight is 395 g/mol. The summed E-state index contributed by atoms with van der Waals surface area (Å²) in [5, 5.41) is 0.770. The molecule has 0 amide bonds. The Morgan fingerprint density at radius 1 is 1.33 bits per heavy atom. The van der Waals surface area contributed by atoms with Crippen LogP contribution in [0.15, 0.2) is 23.1 Å². The third-order valence-electron chi connectivity index (χ3n) is 6.39. The standard InChI is InChI=1S/C21H28ClFN2O2/c1-4-19(24)21(12(2)3)7-5-13(6-8-21)27-18-10-14-15(9-16(18)22)20(26)25-11-17(14)23/h9-13,19H,4-8,24H2,1-3H3,(H,25,26)/t13?,19-,21?/m0/s1. The molecule has 148 valence electrons. The number of pyridine rings is 1. The van der Waals surface area contributed by atoms with E-state index in [2.05, 4.69) is 25.8 Å². The summed E-state index contributed by atoms with van der Waals surface area (Å²) in [6, 6.07) is 3.19. The molecule has 6 heteroatoms. The summed E-state index contributed by atoms with van der Waals surface area (Å²) in [6.45, 7) is 6.64. The van der Waals surface area contributed by atoms with Gasteiger partial charge >= 0.3 is 0 Å². The highest BCUT2D eigenvalue weighted by Gasteiger charge is 2.42. The molecule has 1 atom stereocenters. The van der Waals surface area contributed by atoms with Crippen LogP contribution in [0, 0.1) is 17.2 Å². The molecule has 0 bridgehead atoms. The molecule has 1 heterocycles. The van der Waals surface area contributed by atoms with Gasteiger partial charge in [0.2, 0.25) is 0 Å². The molecule has 4 nitrogen and oxygen atoms in total. The number of ether oxygens (including phenoxy) is 1. The zero-order valence-corrected chi connectivity index (χ0v) is 16.9. The number of fused-ring (bicyclic) bond motifs is 1. The van der Waals surface area contributed by atoms with Gasteiger partial charge in [0, 0.05) is 17.6 Å². The van der Waals surface area contributed by atoms with Crippen LogP contribution in [0.2, 0.25) is 5.02 Å². The normalized spacial score (nSPS) is 24.3. The van der Waals surface area contributed by atoms with Crippen molar-refractivity contribution < 1.29 is 9.13 Å². The van der Waals surface area contributed by atoms with Crippen molar-refractivity contribution in [2.45, 2.75) is 65.0 Å². The van der Waals surface area contributed by atoms with E-state index in [0.717, 1.165) is 38.3 Å². The summed E-state index contributed by atoms with van der Waals surface area (Å²) < 4.78 is 20.2. The summed E-state index contributed by atoms with van der Waals surface area (Å²) in [4.78, 5) is 14.2. The number of halogens is 2. The predicted octanol–water partition coefficient (Wildman–Crippen LogP) is 5.02. The van der Waals surface area contributed by atoms with Crippen molar-refractivity contribution in [2.75, 3.05) is 0 Å². The highest BCUT2D eigenvalue weighted by molar-refractivity contribution is 6.32. The van der Waals surface area contributed by atoms with Crippen LogP contribution in [-0.2, 0) is 0 Å². The molecule has 2 aromatic rings. The number of H-pyrrole nitrogens is 1. The van der Waals surface area contributed by atoms with Gasteiger partial charge in [-0.1, -0.05) is 32.4 Å². The first-order valence-electron chi connectivity index (χ1n) is 9.71. The minimum absolute atomic E-state index is 0.0148. The van der Waals surface area contributed by atoms with E-state index in [1.165, 1.54) is 12.1 Å². The molecule has 0 radical (unpaired) electrons. The average Bonchev–Trinajstić information content (AvgIpc) is 2.66. The second-order valence-electron chi connectivity index (χ2n) is 8.01. The summed E-state index contributed by atoms with van der Waals surface area (Å²) in [6.07, 6.45) is 5.82. The molecule has 0 saturated heterocycles. The van der Waals surface area contributed by atoms with Crippen molar-refractivity contribution in [1.82, 2.24) is 4.98 Å². The van der Waals surface area contributed by atoms with Crippen LogP contribution in [0.5, 0.6) is 5.75 Å². The molecule has 1 saturated carbocycles. The number of benzene rings is 1. The molecule has 1 fully saturated rings. The fourth-order valence-electron chi connectivity index (χ4n) is 4.52. The van der Waals surface area contributed by atoms with Gasteiger partial charge in [0.05, 0.1) is 16.5 Å². The molecular weight excluding hydrogens is 367 g/mol. The predicted molar refractivity (Wildman–Crippen MR) is 108 cm³/mol. The highest BCUT2D eigenvalue weighted by Crippen LogP contribution is 2.46. The third-order valence-corrected chi connectivity index (χ3v) is 6.68. The van der Waals surface area contributed by atoms with E-state index in [9.17, 15) is 9.18 Å². The molecule has 1 aliphatic carbocycles. The number of hydrogen-bond donors (Lipinski definition) is 2. The van der Waals surface area contributed by atoms with E-state index in [4.69, 9.17) is 22.1 Å². The quantitative estimate of drug-likeness (QED) is 0.747. The highest BCUT2D eigenvalue weighted by atomic mass is 35.5. The van der Waals surface area contributed by atoms with Gasteiger partial charge in [0.15, 0.2) is 0 Å². The number of nitrogens with one attached hydrogen (secondary N) is 1. The summed E-state index contributed by atoms with van der Waals surface area (Å²) in [5.74, 6) is 0.441. The van der Waals surface area contributed by atoms with Crippen molar-refractivity contribution in [3.63, 3.8) is 0 Å². The number of aromatic amines is 1. The summed E-state index contributed by atoms with van der Waals surface area (Å²) in [5.41, 5.74) is 6.23. The van der Waals surface area contributed by atoms with Gasteiger partial charge in [0.1, 0.15) is 11.6 Å². The monoisotopic (exact) mass is 394 g/mol. The Balaban J connectivity index is 1.80. The van der Waals surface area contributed by atoms with E-state index in [0.29, 0.717) is 16.7 Å². The van der Waals surface area contributed by atoms with E-state index in [1.54, 1.807) is 0 Å². The Bertz CT molecular complexity index is 872. The molecular formula is C21H28ClFN2O2. The number of hydrogen-bond acceptors (Lipinski definition) is 3. The maximum Gasteiger partial charge on any atom is 0.256 e. The third kappa shape index (κ3) is 3.72. The number of nitrogens with two attached hydrogens (primary N) is 1. The second-order valence-corrected chi connectivity index (χ2v) is 8.42. The Morgan fingerprint density at radius 3 is 2.59 bits per heavy atom. The first kappa shape index (κ1) is 20.2. The van der Waals surface area contributed by atoms with Crippen LogP contribution >= 0.6 is 11.6 Å². The lowest BCUT2D eigenvalue weighted by molar-refractivity contribution is 0.0257. The van der Waals surface area contributed by atoms with E-state index in [-0.39, 0.29) is 33.9 Å². The summed E-state index contributed by atoms with van der Waals surface area (Å²) in [7, 11) is 0. The van der Waals surface area contributed by atoms with Gasteiger partial charge < -0.3 is 15.5 Å². The Morgan fingerprint density at radius 2 is 2.00 bits per heavy atom. The van der Waals surface area contributed by atoms with Crippen LogP contribution in [0.3, 0.4) is 0 Å². The number of aromatic nitrogens is 1. The van der Waals surface area contributed by atoms with Crippen LogP contribution in [0.1, 0.15) is 52.9 Å². The zero-order valence-electron chi connectivity index (χ0n) is 16.1. The first-order chi connectivity index (χ1) is 12.8. The van der Waals surface area contributed by atoms with Crippen molar-refractivity contribution in [2.24, 2.45) is 17.1 Å². The second kappa shape index (κ2) is 7.80. The van der Waals surface area contributed by atoms with Crippen molar-refractivity contribution in [3.05, 3.63) is 39.5 Å². The van der Waals surface area contributed by atoms with Gasteiger partial charge in [-0.15, -0.1) is 0 Å². The number of rotatable bonds is 5. The first-order valence-corrected chi connectivity index (χ1v) is 10.1. The van der Waals surface area contributed by atoms with Gasteiger partial charge in [0.25, 0.3) is 5.56 Å². The van der Waals surface area contributed by atoms with Crippen LogP contribution in [0.25, 0.3) is 10.8 Å². The topological polar surface area (TPSA) is 68.1 Å². The molecule has 3 N–H and O–H groups in total. The zero-order chi connectivity index (χ0) is 19.8. The van der Waals surface area contributed by atoms with Gasteiger partial charge in [-0.2, -0.15) is 0 Å². The maximum atomic E-state index is 14.1. The van der Waals surface area contributed by atoms with Crippen molar-refractivity contribution in [3.8, 4) is 5.75 Å². The maximum absolute atomic E-state index is 14.1. The lowest BCUT2D eigenvalue weighted by atomic mass is 9.62. The largest absolute Gasteiger partial charge is 0.489 e. The van der Waals surface area contributed by atoms with Crippen molar-refractivity contribution in [1.29, 1.82) is 0 Å². The van der Waals surface area contributed by atoms with Crippen LogP contribution in [0.4, 0.5) is 4.39 Å². The molecule has 1 aliphatic rings. The lowest BCUT2D eigenvalue weighted by Gasteiger charge is -2.47. The van der Waals surface area contributed by atoms with E-state index >= 15 is 0 Å². The molecule has 27 heavy (non-hydrogen) atoms.